The predicted octanol–water partition coefficient (Wildman–Crippen LogP) is 3.99. The van der Waals surface area contributed by atoms with Gasteiger partial charge in [0.2, 0.25) is 0 Å². The molecule has 1 aliphatic rings. The number of benzene rings is 2. The summed E-state index contributed by atoms with van der Waals surface area (Å²) >= 11 is 0. The summed E-state index contributed by atoms with van der Waals surface area (Å²) in [6, 6.07) is 15.2. The summed E-state index contributed by atoms with van der Waals surface area (Å²) < 4.78 is 5.41. The Morgan fingerprint density at radius 2 is 1.73 bits per heavy atom. The van der Waals surface area contributed by atoms with Crippen molar-refractivity contribution in [2.45, 2.75) is 13.8 Å². The summed E-state index contributed by atoms with van der Waals surface area (Å²) in [5.74, 6) is 0. The third kappa shape index (κ3) is 2.84. The van der Waals surface area contributed by atoms with Crippen LogP contribution in [0.3, 0.4) is 0 Å². The van der Waals surface area contributed by atoms with Crippen molar-refractivity contribution in [2.75, 3.05) is 31.2 Å². The SMILES string of the molecule is C/C(C#N)=C(\C)c1ccc2cc(N3CCOCC3)ccc2c1. The Hall–Kier alpha value is -2.31. The minimum atomic E-state index is 0.768. The molecule has 0 spiro atoms. The molecule has 0 amide bonds. The number of allylic oxidation sites excluding steroid dienone is 2. The smallest absolute Gasteiger partial charge is 0.0947 e. The van der Waals surface area contributed by atoms with E-state index in [9.17, 15) is 0 Å². The molecule has 0 radical (unpaired) electrons. The monoisotopic (exact) mass is 292 g/mol. The number of hydrogen-bond acceptors (Lipinski definition) is 3. The lowest BCUT2D eigenvalue weighted by Crippen LogP contribution is -2.36. The lowest BCUT2D eigenvalue weighted by molar-refractivity contribution is 0.122. The molecule has 0 unspecified atom stereocenters. The Balaban J connectivity index is 1.96. The molecule has 3 nitrogen and oxygen atoms in total. The van der Waals surface area contributed by atoms with Gasteiger partial charge in [0.25, 0.3) is 0 Å². The molecule has 0 bridgehead atoms. The van der Waals surface area contributed by atoms with Crippen molar-refractivity contribution in [3.63, 3.8) is 0 Å². The van der Waals surface area contributed by atoms with Gasteiger partial charge >= 0.3 is 0 Å². The zero-order valence-corrected chi connectivity index (χ0v) is 13.1. The van der Waals surface area contributed by atoms with Crippen LogP contribution in [0.5, 0.6) is 0 Å². The normalized spacial score (nSPS) is 16.3. The second-order valence-electron chi connectivity index (χ2n) is 5.71. The number of ether oxygens (including phenoxy) is 1. The molecule has 2 aromatic rings. The summed E-state index contributed by atoms with van der Waals surface area (Å²) in [5, 5.41) is 11.5. The fourth-order valence-corrected chi connectivity index (χ4v) is 2.78. The number of fused-ring (bicyclic) bond motifs is 1. The van der Waals surface area contributed by atoms with E-state index in [1.165, 1.54) is 16.5 Å². The third-order valence-corrected chi connectivity index (χ3v) is 4.36. The van der Waals surface area contributed by atoms with Crippen LogP contribution in [0.2, 0.25) is 0 Å². The molecule has 0 saturated carbocycles. The summed E-state index contributed by atoms with van der Waals surface area (Å²) in [5.41, 5.74) is 4.18. The zero-order chi connectivity index (χ0) is 15.5. The molecular formula is C19H20N2O. The maximum atomic E-state index is 9.04. The molecule has 3 rings (SSSR count). The van der Waals surface area contributed by atoms with Crippen LogP contribution in [0.15, 0.2) is 42.0 Å². The van der Waals surface area contributed by atoms with Crippen LogP contribution in [0, 0.1) is 11.3 Å². The van der Waals surface area contributed by atoms with Crippen LogP contribution >= 0.6 is 0 Å². The Kier molecular flexibility index (Phi) is 4.13. The molecule has 1 aliphatic heterocycles. The average molecular weight is 292 g/mol. The third-order valence-electron chi connectivity index (χ3n) is 4.36. The Bertz CT molecular complexity index is 765. The topological polar surface area (TPSA) is 36.3 Å². The molecule has 3 heteroatoms. The largest absolute Gasteiger partial charge is 0.378 e. The van der Waals surface area contributed by atoms with Gasteiger partial charge in [0.05, 0.1) is 19.3 Å². The van der Waals surface area contributed by atoms with Gasteiger partial charge in [-0.05, 0) is 54.0 Å². The van der Waals surface area contributed by atoms with E-state index in [1.807, 2.05) is 13.8 Å². The van der Waals surface area contributed by atoms with Gasteiger partial charge in [-0.2, -0.15) is 5.26 Å². The second kappa shape index (κ2) is 6.21. The van der Waals surface area contributed by atoms with Gasteiger partial charge in [0.1, 0.15) is 0 Å². The zero-order valence-electron chi connectivity index (χ0n) is 13.1. The maximum absolute atomic E-state index is 9.04. The van der Waals surface area contributed by atoms with Crippen molar-refractivity contribution in [3.05, 3.63) is 47.5 Å². The first-order valence-corrected chi connectivity index (χ1v) is 7.63. The average Bonchev–Trinajstić information content (AvgIpc) is 2.60. The maximum Gasteiger partial charge on any atom is 0.0947 e. The van der Waals surface area contributed by atoms with Gasteiger partial charge in [-0.3, -0.25) is 0 Å². The van der Waals surface area contributed by atoms with E-state index in [0.29, 0.717) is 0 Å². The molecule has 1 fully saturated rings. The van der Waals surface area contributed by atoms with E-state index in [0.717, 1.165) is 43.0 Å². The standard InChI is InChI=1S/C19H20N2O/c1-14(13-20)15(2)16-3-4-18-12-19(6-5-17(18)11-16)21-7-9-22-10-8-21/h3-6,11-12H,7-10H2,1-2H3/b15-14-. The molecule has 0 N–H and O–H groups in total. The molecule has 112 valence electrons. The van der Waals surface area contributed by atoms with Gasteiger partial charge < -0.3 is 9.64 Å². The first-order valence-electron chi connectivity index (χ1n) is 7.63. The van der Waals surface area contributed by atoms with E-state index in [4.69, 9.17) is 10.00 Å². The quantitative estimate of drug-likeness (QED) is 0.785. The van der Waals surface area contributed by atoms with Crippen LogP contribution in [-0.2, 0) is 4.74 Å². The molecule has 2 aromatic carbocycles. The molecule has 0 aromatic heterocycles. The van der Waals surface area contributed by atoms with Crippen molar-refractivity contribution in [2.24, 2.45) is 0 Å². The summed E-state index contributed by atoms with van der Waals surface area (Å²) in [6.45, 7) is 7.37. The minimum absolute atomic E-state index is 0.768. The van der Waals surface area contributed by atoms with Gasteiger partial charge in [-0.25, -0.2) is 0 Å². The molecule has 1 heterocycles. The van der Waals surface area contributed by atoms with E-state index in [-0.39, 0.29) is 0 Å². The predicted molar refractivity (Wildman–Crippen MR) is 90.9 cm³/mol. The summed E-state index contributed by atoms with van der Waals surface area (Å²) in [6.07, 6.45) is 0. The number of anilines is 1. The highest BCUT2D eigenvalue weighted by atomic mass is 16.5. The number of nitrogens with zero attached hydrogens (tertiary/aromatic N) is 2. The minimum Gasteiger partial charge on any atom is -0.378 e. The van der Waals surface area contributed by atoms with Crippen molar-refractivity contribution < 1.29 is 4.74 Å². The highest BCUT2D eigenvalue weighted by Gasteiger charge is 2.11. The van der Waals surface area contributed by atoms with Gasteiger partial charge in [0, 0.05) is 24.4 Å². The first kappa shape index (κ1) is 14.6. The Morgan fingerprint density at radius 3 is 2.45 bits per heavy atom. The van der Waals surface area contributed by atoms with Gasteiger partial charge in [-0.1, -0.05) is 18.2 Å². The van der Waals surface area contributed by atoms with Crippen LogP contribution in [-0.4, -0.2) is 26.3 Å². The molecular weight excluding hydrogens is 272 g/mol. The van der Waals surface area contributed by atoms with Crippen molar-refractivity contribution in [1.82, 2.24) is 0 Å². The number of rotatable bonds is 2. The van der Waals surface area contributed by atoms with Crippen molar-refractivity contribution in [1.29, 1.82) is 5.26 Å². The van der Waals surface area contributed by atoms with Crippen molar-refractivity contribution >= 4 is 22.0 Å². The van der Waals surface area contributed by atoms with E-state index < -0.39 is 0 Å². The van der Waals surface area contributed by atoms with Gasteiger partial charge in [0.15, 0.2) is 0 Å². The highest BCUT2D eigenvalue weighted by molar-refractivity contribution is 5.89. The van der Waals surface area contributed by atoms with Crippen LogP contribution in [0.4, 0.5) is 5.69 Å². The summed E-state index contributed by atoms with van der Waals surface area (Å²) in [4.78, 5) is 2.36. The Labute approximate surface area is 131 Å². The molecule has 0 aliphatic carbocycles. The van der Waals surface area contributed by atoms with E-state index >= 15 is 0 Å². The number of nitriles is 1. The fourth-order valence-electron chi connectivity index (χ4n) is 2.78. The second-order valence-corrected chi connectivity index (χ2v) is 5.71. The van der Waals surface area contributed by atoms with Crippen molar-refractivity contribution in [3.8, 4) is 6.07 Å². The van der Waals surface area contributed by atoms with E-state index in [2.05, 4.69) is 47.4 Å². The molecule has 22 heavy (non-hydrogen) atoms. The molecule has 1 saturated heterocycles. The lowest BCUT2D eigenvalue weighted by atomic mass is 9.99. The Morgan fingerprint density at radius 1 is 1.05 bits per heavy atom. The molecule has 0 atom stereocenters. The van der Waals surface area contributed by atoms with Crippen LogP contribution in [0.1, 0.15) is 19.4 Å². The summed E-state index contributed by atoms with van der Waals surface area (Å²) in [7, 11) is 0. The number of morpholine rings is 1. The first-order chi connectivity index (χ1) is 10.7. The van der Waals surface area contributed by atoms with Crippen LogP contribution in [0.25, 0.3) is 16.3 Å². The van der Waals surface area contributed by atoms with Gasteiger partial charge in [-0.15, -0.1) is 0 Å². The highest BCUT2D eigenvalue weighted by Crippen LogP contribution is 2.27. The van der Waals surface area contributed by atoms with Crippen LogP contribution < -0.4 is 4.90 Å². The van der Waals surface area contributed by atoms with E-state index in [1.54, 1.807) is 0 Å². The lowest BCUT2D eigenvalue weighted by Gasteiger charge is -2.29. The fraction of sp³-hybridized carbons (Fsp3) is 0.316. The number of hydrogen-bond donors (Lipinski definition) is 0.